The van der Waals surface area contributed by atoms with E-state index in [0.29, 0.717) is 18.7 Å². The predicted octanol–water partition coefficient (Wildman–Crippen LogP) is 1.36. The molecule has 0 spiro atoms. The summed E-state index contributed by atoms with van der Waals surface area (Å²) in [6.07, 6.45) is 0.905. The summed E-state index contributed by atoms with van der Waals surface area (Å²) in [5.41, 5.74) is 1.04. The summed E-state index contributed by atoms with van der Waals surface area (Å²) in [7, 11) is 1.79. The number of hydrogen-bond acceptors (Lipinski definition) is 3. The van der Waals surface area contributed by atoms with Crippen LogP contribution in [0.1, 0.15) is 17.5 Å². The SMILES string of the molecule is CN1CCCN(Cc2cc(F)cc(C#N)c2)CC1=O. The Morgan fingerprint density at radius 3 is 2.89 bits per heavy atom. The van der Waals surface area contributed by atoms with Crippen LogP contribution in [0.3, 0.4) is 0 Å². The predicted molar refractivity (Wildman–Crippen MR) is 68.6 cm³/mol. The molecule has 1 aliphatic heterocycles. The molecule has 0 unspecified atom stereocenters. The molecule has 0 radical (unpaired) electrons. The number of nitriles is 1. The number of nitrogens with zero attached hydrogens (tertiary/aromatic N) is 3. The first-order valence-electron chi connectivity index (χ1n) is 6.24. The second-order valence-electron chi connectivity index (χ2n) is 4.84. The van der Waals surface area contributed by atoms with Crippen LogP contribution in [-0.2, 0) is 11.3 Å². The third-order valence-electron chi connectivity index (χ3n) is 3.25. The fraction of sp³-hybridized carbons (Fsp3) is 0.429. The molecule has 4 nitrogen and oxygen atoms in total. The maximum Gasteiger partial charge on any atom is 0.236 e. The van der Waals surface area contributed by atoms with Crippen LogP contribution in [0.15, 0.2) is 18.2 Å². The van der Waals surface area contributed by atoms with Crippen molar-refractivity contribution in [1.82, 2.24) is 9.80 Å². The number of hydrogen-bond donors (Lipinski definition) is 0. The zero-order valence-corrected chi connectivity index (χ0v) is 10.9. The standard InChI is InChI=1S/C14H16FN3O/c1-17-3-2-4-18(10-14(17)19)9-12-5-11(8-16)6-13(15)7-12/h5-7H,2-4,9-10H2,1H3. The lowest BCUT2D eigenvalue weighted by atomic mass is 10.1. The van der Waals surface area contributed by atoms with Crippen molar-refractivity contribution in [1.29, 1.82) is 5.26 Å². The highest BCUT2D eigenvalue weighted by Crippen LogP contribution is 2.13. The van der Waals surface area contributed by atoms with Crippen molar-refractivity contribution in [2.75, 3.05) is 26.7 Å². The molecular formula is C14H16FN3O. The molecule has 2 rings (SSSR count). The molecule has 5 heteroatoms. The van der Waals surface area contributed by atoms with E-state index in [-0.39, 0.29) is 5.91 Å². The van der Waals surface area contributed by atoms with Crippen LogP contribution < -0.4 is 0 Å². The number of rotatable bonds is 2. The summed E-state index contributed by atoms with van der Waals surface area (Å²) >= 11 is 0. The van der Waals surface area contributed by atoms with Crippen molar-refractivity contribution in [2.45, 2.75) is 13.0 Å². The maximum atomic E-state index is 13.3. The van der Waals surface area contributed by atoms with E-state index in [1.165, 1.54) is 12.1 Å². The molecule has 0 saturated carbocycles. The van der Waals surface area contributed by atoms with E-state index in [1.54, 1.807) is 18.0 Å². The molecule has 0 bridgehead atoms. The lowest BCUT2D eigenvalue weighted by molar-refractivity contribution is -0.129. The van der Waals surface area contributed by atoms with Crippen molar-refractivity contribution in [3.63, 3.8) is 0 Å². The first-order chi connectivity index (χ1) is 9.08. The van der Waals surface area contributed by atoms with Crippen molar-refractivity contribution in [3.8, 4) is 6.07 Å². The molecule has 100 valence electrons. The minimum atomic E-state index is -0.410. The molecule has 1 fully saturated rings. The summed E-state index contributed by atoms with van der Waals surface area (Å²) < 4.78 is 13.3. The Labute approximate surface area is 112 Å². The summed E-state index contributed by atoms with van der Waals surface area (Å²) in [6.45, 7) is 2.39. The maximum absolute atomic E-state index is 13.3. The third-order valence-corrected chi connectivity index (χ3v) is 3.25. The summed E-state index contributed by atoms with van der Waals surface area (Å²) in [4.78, 5) is 15.5. The minimum Gasteiger partial charge on any atom is -0.345 e. The van der Waals surface area contributed by atoms with Crippen LogP contribution in [-0.4, -0.2) is 42.4 Å². The topological polar surface area (TPSA) is 47.3 Å². The highest BCUT2D eigenvalue weighted by atomic mass is 19.1. The summed E-state index contributed by atoms with van der Waals surface area (Å²) in [5.74, 6) is -0.332. The molecule has 19 heavy (non-hydrogen) atoms. The lowest BCUT2D eigenvalue weighted by Crippen LogP contribution is -2.34. The second-order valence-corrected chi connectivity index (χ2v) is 4.84. The number of carbonyl (C=O) groups is 1. The Morgan fingerprint density at radius 1 is 1.37 bits per heavy atom. The van der Waals surface area contributed by atoms with Gasteiger partial charge < -0.3 is 4.90 Å². The molecule has 0 N–H and O–H groups in total. The zero-order chi connectivity index (χ0) is 13.8. The van der Waals surface area contributed by atoms with E-state index < -0.39 is 5.82 Å². The van der Waals surface area contributed by atoms with Crippen molar-refractivity contribution in [2.24, 2.45) is 0 Å². The van der Waals surface area contributed by atoms with Gasteiger partial charge in [-0.05, 0) is 30.2 Å². The molecule has 1 aromatic rings. The van der Waals surface area contributed by atoms with E-state index in [4.69, 9.17) is 5.26 Å². The summed E-state index contributed by atoms with van der Waals surface area (Å²) in [6, 6.07) is 6.24. The fourth-order valence-electron chi connectivity index (χ4n) is 2.25. The van der Waals surface area contributed by atoms with Crippen LogP contribution in [0, 0.1) is 17.1 Å². The normalized spacial score (nSPS) is 17.1. The van der Waals surface area contributed by atoms with Gasteiger partial charge in [-0.3, -0.25) is 9.69 Å². The van der Waals surface area contributed by atoms with Gasteiger partial charge in [0, 0.05) is 26.7 Å². The van der Waals surface area contributed by atoms with Gasteiger partial charge in [0.1, 0.15) is 5.82 Å². The van der Waals surface area contributed by atoms with Crippen molar-refractivity contribution in [3.05, 3.63) is 35.1 Å². The van der Waals surface area contributed by atoms with E-state index >= 15 is 0 Å². The van der Waals surface area contributed by atoms with Gasteiger partial charge in [-0.2, -0.15) is 5.26 Å². The number of amides is 1. The zero-order valence-electron chi connectivity index (χ0n) is 10.9. The number of benzene rings is 1. The first kappa shape index (κ1) is 13.5. The van der Waals surface area contributed by atoms with Gasteiger partial charge in [0.2, 0.25) is 5.91 Å². The smallest absolute Gasteiger partial charge is 0.236 e. The average Bonchev–Trinajstić information content (AvgIpc) is 2.51. The van der Waals surface area contributed by atoms with E-state index in [0.717, 1.165) is 25.1 Å². The third kappa shape index (κ3) is 3.52. The van der Waals surface area contributed by atoms with E-state index in [9.17, 15) is 9.18 Å². The molecular weight excluding hydrogens is 245 g/mol. The Hall–Kier alpha value is -1.93. The van der Waals surface area contributed by atoms with Crippen LogP contribution in [0.4, 0.5) is 4.39 Å². The minimum absolute atomic E-state index is 0.0782. The fourth-order valence-corrected chi connectivity index (χ4v) is 2.25. The lowest BCUT2D eigenvalue weighted by Gasteiger charge is -2.19. The molecule has 1 heterocycles. The number of likely N-dealkylation sites (N-methyl/N-ethyl adjacent to an activating group) is 1. The second kappa shape index (κ2) is 5.81. The van der Waals surface area contributed by atoms with Gasteiger partial charge in [-0.25, -0.2) is 4.39 Å². The Bertz CT molecular complexity index is 524. The van der Waals surface area contributed by atoms with Gasteiger partial charge >= 0.3 is 0 Å². The molecule has 0 aliphatic carbocycles. The van der Waals surface area contributed by atoms with Crippen molar-refractivity contribution >= 4 is 5.91 Å². The van der Waals surface area contributed by atoms with Crippen LogP contribution in [0.25, 0.3) is 0 Å². The monoisotopic (exact) mass is 261 g/mol. The Balaban J connectivity index is 2.10. The molecule has 1 saturated heterocycles. The highest BCUT2D eigenvalue weighted by molar-refractivity contribution is 5.78. The average molecular weight is 261 g/mol. The van der Waals surface area contributed by atoms with E-state index in [2.05, 4.69) is 0 Å². The molecule has 0 atom stereocenters. The quantitative estimate of drug-likeness (QED) is 0.807. The molecule has 1 aliphatic rings. The van der Waals surface area contributed by atoms with Gasteiger partial charge in [0.15, 0.2) is 0 Å². The Morgan fingerprint density at radius 2 is 2.16 bits per heavy atom. The van der Waals surface area contributed by atoms with Crippen LogP contribution in [0.2, 0.25) is 0 Å². The number of carbonyl (C=O) groups excluding carboxylic acids is 1. The Kier molecular flexibility index (Phi) is 4.13. The largest absolute Gasteiger partial charge is 0.345 e. The highest BCUT2D eigenvalue weighted by Gasteiger charge is 2.19. The summed E-state index contributed by atoms with van der Waals surface area (Å²) in [5, 5.41) is 8.82. The van der Waals surface area contributed by atoms with Gasteiger partial charge in [0.25, 0.3) is 0 Å². The van der Waals surface area contributed by atoms with Crippen LogP contribution >= 0.6 is 0 Å². The first-order valence-corrected chi connectivity index (χ1v) is 6.24. The molecule has 0 aromatic heterocycles. The van der Waals surface area contributed by atoms with E-state index in [1.807, 2.05) is 11.0 Å². The molecule has 1 amide bonds. The van der Waals surface area contributed by atoms with Gasteiger partial charge in [-0.15, -0.1) is 0 Å². The van der Waals surface area contributed by atoms with Gasteiger partial charge in [0.05, 0.1) is 18.2 Å². The number of halogens is 1. The van der Waals surface area contributed by atoms with Gasteiger partial charge in [-0.1, -0.05) is 0 Å². The van der Waals surface area contributed by atoms with Crippen LogP contribution in [0.5, 0.6) is 0 Å². The van der Waals surface area contributed by atoms with Crippen molar-refractivity contribution < 1.29 is 9.18 Å². The molecule has 1 aromatic carbocycles.